The Balaban J connectivity index is 2.18. The number of nitrogens with two attached hydrogens (primary N) is 1. The molecule has 0 spiro atoms. The van der Waals surface area contributed by atoms with Crippen molar-refractivity contribution in [1.29, 1.82) is 0 Å². The van der Waals surface area contributed by atoms with Crippen LogP contribution in [0.3, 0.4) is 0 Å². The molecule has 1 aliphatic rings. The average Bonchev–Trinajstić information content (AvgIpc) is 2.68. The smallest absolute Gasteiger partial charge is 0.129 e. The normalized spacial score (nSPS) is 21.9. The summed E-state index contributed by atoms with van der Waals surface area (Å²) in [6, 6.07) is 11.8. The number of halogens is 1. The van der Waals surface area contributed by atoms with E-state index in [-0.39, 0.29) is 5.82 Å². The van der Waals surface area contributed by atoms with Crippen LogP contribution in [0.15, 0.2) is 42.5 Å². The Labute approximate surface area is 105 Å². The molecule has 0 saturated heterocycles. The van der Waals surface area contributed by atoms with Gasteiger partial charge in [-0.3, -0.25) is 0 Å². The SMILES string of the molecule is Nc1ccc2c(c1)CCC2(O)c1ccccc1F. The molecule has 0 aromatic heterocycles. The van der Waals surface area contributed by atoms with Gasteiger partial charge in [0.1, 0.15) is 11.4 Å². The Morgan fingerprint density at radius 3 is 2.67 bits per heavy atom. The topological polar surface area (TPSA) is 46.2 Å². The minimum Gasteiger partial charge on any atom is -0.399 e. The van der Waals surface area contributed by atoms with Gasteiger partial charge >= 0.3 is 0 Å². The van der Waals surface area contributed by atoms with E-state index in [1.165, 1.54) is 6.07 Å². The van der Waals surface area contributed by atoms with Gasteiger partial charge in [-0.05, 0) is 42.2 Å². The van der Waals surface area contributed by atoms with Gasteiger partial charge in [-0.25, -0.2) is 4.39 Å². The molecule has 2 aromatic rings. The van der Waals surface area contributed by atoms with E-state index in [9.17, 15) is 9.50 Å². The van der Waals surface area contributed by atoms with Crippen molar-refractivity contribution in [3.8, 4) is 0 Å². The van der Waals surface area contributed by atoms with Crippen molar-refractivity contribution in [3.05, 3.63) is 65.0 Å². The molecule has 2 nitrogen and oxygen atoms in total. The van der Waals surface area contributed by atoms with Gasteiger partial charge in [-0.1, -0.05) is 24.3 Å². The zero-order valence-corrected chi connectivity index (χ0v) is 9.86. The summed E-state index contributed by atoms with van der Waals surface area (Å²) in [6.07, 6.45) is 1.21. The summed E-state index contributed by atoms with van der Waals surface area (Å²) < 4.78 is 13.9. The number of aryl methyl sites for hydroxylation is 1. The van der Waals surface area contributed by atoms with Crippen molar-refractivity contribution < 1.29 is 9.50 Å². The monoisotopic (exact) mass is 243 g/mol. The van der Waals surface area contributed by atoms with E-state index < -0.39 is 5.60 Å². The van der Waals surface area contributed by atoms with Crippen molar-refractivity contribution in [2.24, 2.45) is 0 Å². The zero-order chi connectivity index (χ0) is 12.8. The lowest BCUT2D eigenvalue weighted by molar-refractivity contribution is 0.0789. The van der Waals surface area contributed by atoms with E-state index in [4.69, 9.17) is 5.73 Å². The minimum absolute atomic E-state index is 0.341. The highest BCUT2D eigenvalue weighted by Crippen LogP contribution is 2.43. The van der Waals surface area contributed by atoms with Crippen LogP contribution in [0.2, 0.25) is 0 Å². The van der Waals surface area contributed by atoms with Crippen LogP contribution in [-0.2, 0) is 12.0 Å². The molecule has 0 aliphatic heterocycles. The van der Waals surface area contributed by atoms with Crippen LogP contribution in [0, 0.1) is 5.82 Å². The number of hydrogen-bond donors (Lipinski definition) is 2. The highest BCUT2D eigenvalue weighted by Gasteiger charge is 2.39. The molecule has 0 fully saturated rings. The first-order valence-corrected chi connectivity index (χ1v) is 5.97. The molecule has 1 aliphatic carbocycles. The van der Waals surface area contributed by atoms with Gasteiger partial charge in [0.25, 0.3) is 0 Å². The zero-order valence-electron chi connectivity index (χ0n) is 9.86. The number of benzene rings is 2. The van der Waals surface area contributed by atoms with Crippen LogP contribution in [0.4, 0.5) is 10.1 Å². The number of rotatable bonds is 1. The predicted octanol–water partition coefficient (Wildman–Crippen LogP) is 2.59. The van der Waals surface area contributed by atoms with Gasteiger partial charge < -0.3 is 10.8 Å². The molecular weight excluding hydrogens is 229 g/mol. The summed E-state index contributed by atoms with van der Waals surface area (Å²) in [6.45, 7) is 0. The van der Waals surface area contributed by atoms with Crippen LogP contribution in [0.5, 0.6) is 0 Å². The lowest BCUT2D eigenvalue weighted by Gasteiger charge is -2.25. The van der Waals surface area contributed by atoms with Crippen molar-refractivity contribution in [1.82, 2.24) is 0 Å². The van der Waals surface area contributed by atoms with E-state index in [0.29, 0.717) is 24.1 Å². The Morgan fingerprint density at radius 1 is 1.11 bits per heavy atom. The molecule has 1 atom stereocenters. The molecule has 0 amide bonds. The Hall–Kier alpha value is -1.87. The molecule has 0 heterocycles. The van der Waals surface area contributed by atoms with Crippen LogP contribution in [0.25, 0.3) is 0 Å². The highest BCUT2D eigenvalue weighted by molar-refractivity contribution is 5.52. The molecule has 18 heavy (non-hydrogen) atoms. The fraction of sp³-hybridized carbons (Fsp3) is 0.200. The fourth-order valence-corrected chi connectivity index (χ4v) is 2.75. The predicted molar refractivity (Wildman–Crippen MR) is 68.6 cm³/mol. The Kier molecular flexibility index (Phi) is 2.38. The molecule has 92 valence electrons. The largest absolute Gasteiger partial charge is 0.399 e. The van der Waals surface area contributed by atoms with Gasteiger partial charge in [0.15, 0.2) is 0 Å². The molecule has 0 bridgehead atoms. The summed E-state index contributed by atoms with van der Waals surface area (Å²) in [5, 5.41) is 10.8. The third kappa shape index (κ3) is 1.51. The molecule has 1 unspecified atom stereocenters. The maximum Gasteiger partial charge on any atom is 0.129 e. The molecule has 3 N–H and O–H groups in total. The summed E-state index contributed by atoms with van der Waals surface area (Å²) in [4.78, 5) is 0. The van der Waals surface area contributed by atoms with Gasteiger partial charge in [0.05, 0.1) is 0 Å². The molecule has 0 radical (unpaired) electrons. The van der Waals surface area contributed by atoms with Crippen molar-refractivity contribution in [3.63, 3.8) is 0 Å². The van der Waals surface area contributed by atoms with Gasteiger partial charge in [-0.15, -0.1) is 0 Å². The summed E-state index contributed by atoms with van der Waals surface area (Å²) in [5.41, 5.74) is 7.28. The second-order valence-electron chi connectivity index (χ2n) is 4.76. The molecule has 3 heteroatoms. The molecule has 0 saturated carbocycles. The summed E-state index contributed by atoms with van der Waals surface area (Å²) >= 11 is 0. The Bertz CT molecular complexity index is 611. The summed E-state index contributed by atoms with van der Waals surface area (Å²) in [5.74, 6) is -0.371. The number of fused-ring (bicyclic) bond motifs is 1. The summed E-state index contributed by atoms with van der Waals surface area (Å²) in [7, 11) is 0. The van der Waals surface area contributed by atoms with E-state index in [2.05, 4.69) is 0 Å². The van der Waals surface area contributed by atoms with E-state index >= 15 is 0 Å². The molecular formula is C15H14FNO. The van der Waals surface area contributed by atoms with Gasteiger partial charge in [0, 0.05) is 11.3 Å². The average molecular weight is 243 g/mol. The third-order valence-electron chi connectivity index (χ3n) is 3.65. The van der Waals surface area contributed by atoms with Crippen LogP contribution in [-0.4, -0.2) is 5.11 Å². The van der Waals surface area contributed by atoms with E-state index in [1.54, 1.807) is 30.3 Å². The van der Waals surface area contributed by atoms with Crippen LogP contribution >= 0.6 is 0 Å². The maximum atomic E-state index is 13.9. The minimum atomic E-state index is -1.23. The second kappa shape index (κ2) is 3.82. The molecule has 2 aromatic carbocycles. The first-order valence-electron chi connectivity index (χ1n) is 5.97. The standard InChI is InChI=1S/C15H14FNO/c16-14-4-2-1-3-13(14)15(18)8-7-10-9-11(17)5-6-12(10)15/h1-6,9,18H,7-8,17H2. The van der Waals surface area contributed by atoms with Crippen LogP contribution in [0.1, 0.15) is 23.1 Å². The highest BCUT2D eigenvalue weighted by atomic mass is 19.1. The first-order chi connectivity index (χ1) is 8.61. The first kappa shape index (κ1) is 11.2. The van der Waals surface area contributed by atoms with Crippen molar-refractivity contribution >= 4 is 5.69 Å². The number of nitrogen functional groups attached to an aromatic ring is 1. The third-order valence-corrected chi connectivity index (χ3v) is 3.65. The van der Waals surface area contributed by atoms with Crippen molar-refractivity contribution in [2.45, 2.75) is 18.4 Å². The second-order valence-corrected chi connectivity index (χ2v) is 4.76. The Morgan fingerprint density at radius 2 is 1.89 bits per heavy atom. The van der Waals surface area contributed by atoms with E-state index in [0.717, 1.165) is 11.1 Å². The fourth-order valence-electron chi connectivity index (χ4n) is 2.75. The maximum absolute atomic E-state index is 13.9. The number of anilines is 1. The van der Waals surface area contributed by atoms with Crippen molar-refractivity contribution in [2.75, 3.05) is 5.73 Å². The molecule has 3 rings (SSSR count). The van der Waals surface area contributed by atoms with Crippen LogP contribution < -0.4 is 5.73 Å². The van der Waals surface area contributed by atoms with Gasteiger partial charge in [-0.2, -0.15) is 0 Å². The van der Waals surface area contributed by atoms with E-state index in [1.807, 2.05) is 6.07 Å². The quantitative estimate of drug-likeness (QED) is 0.756. The number of aliphatic hydroxyl groups is 1. The lowest BCUT2D eigenvalue weighted by atomic mass is 9.87. The van der Waals surface area contributed by atoms with Gasteiger partial charge in [0.2, 0.25) is 0 Å². The number of hydrogen-bond acceptors (Lipinski definition) is 2. The lowest BCUT2D eigenvalue weighted by Crippen LogP contribution is -2.25.